The average Bonchev–Trinajstić information content (AvgIpc) is 2.61. The van der Waals surface area contributed by atoms with Crippen molar-refractivity contribution in [3.8, 4) is 22.6 Å². The van der Waals surface area contributed by atoms with Crippen LogP contribution in [0.25, 0.3) is 11.1 Å². The highest BCUT2D eigenvalue weighted by Gasteiger charge is 2.06. The molecule has 0 aromatic heterocycles. The summed E-state index contributed by atoms with van der Waals surface area (Å²) in [5.41, 5.74) is 3.24. The molecular formula is C20H17O2. The third kappa shape index (κ3) is 3.29. The van der Waals surface area contributed by atoms with Crippen molar-refractivity contribution in [1.82, 2.24) is 0 Å². The molecule has 0 aliphatic rings. The van der Waals surface area contributed by atoms with Crippen LogP contribution in [0.15, 0.2) is 72.8 Å². The smallest absolute Gasteiger partial charge is 0.135 e. The molecule has 0 aliphatic heterocycles. The molecule has 22 heavy (non-hydrogen) atoms. The maximum absolute atomic E-state index is 5.97. The van der Waals surface area contributed by atoms with Crippen LogP contribution in [0.1, 0.15) is 5.56 Å². The lowest BCUT2D eigenvalue weighted by Crippen LogP contribution is -1.97. The zero-order valence-corrected chi connectivity index (χ0v) is 12.5. The number of rotatable bonds is 5. The minimum atomic E-state index is 0.484. The van der Waals surface area contributed by atoms with Gasteiger partial charge in [-0.15, -0.1) is 0 Å². The van der Waals surface area contributed by atoms with E-state index in [0.29, 0.717) is 6.61 Å². The number of benzene rings is 3. The molecule has 0 unspecified atom stereocenters. The van der Waals surface area contributed by atoms with Gasteiger partial charge in [-0.05, 0) is 23.3 Å². The van der Waals surface area contributed by atoms with E-state index in [-0.39, 0.29) is 0 Å². The molecule has 0 aliphatic carbocycles. The van der Waals surface area contributed by atoms with E-state index in [1.807, 2.05) is 60.7 Å². The van der Waals surface area contributed by atoms with E-state index in [4.69, 9.17) is 9.47 Å². The van der Waals surface area contributed by atoms with Crippen LogP contribution in [0.4, 0.5) is 0 Å². The quantitative estimate of drug-likeness (QED) is 0.675. The van der Waals surface area contributed by atoms with Gasteiger partial charge in [0.05, 0.1) is 7.11 Å². The standard InChI is InChI=1S/C20H17O2/c1-21-18-11-7-8-16(14-18)15-22-20-13-6-5-12-19(20)17-9-3-2-4-10-17/h2-12,14H,15H2,1H3. The van der Waals surface area contributed by atoms with Crippen LogP contribution in [0.3, 0.4) is 0 Å². The van der Waals surface area contributed by atoms with Crippen LogP contribution in [-0.4, -0.2) is 7.11 Å². The normalized spacial score (nSPS) is 10.2. The molecule has 3 aromatic rings. The predicted octanol–water partition coefficient (Wildman–Crippen LogP) is 4.74. The molecule has 0 saturated heterocycles. The number of hydrogen-bond donors (Lipinski definition) is 0. The van der Waals surface area contributed by atoms with Crippen molar-refractivity contribution in [2.24, 2.45) is 0 Å². The van der Waals surface area contributed by atoms with Gasteiger partial charge in [0.1, 0.15) is 18.1 Å². The van der Waals surface area contributed by atoms with Gasteiger partial charge in [0, 0.05) is 11.6 Å². The van der Waals surface area contributed by atoms with Crippen molar-refractivity contribution in [2.45, 2.75) is 6.61 Å². The van der Waals surface area contributed by atoms with Gasteiger partial charge in [0.2, 0.25) is 0 Å². The zero-order chi connectivity index (χ0) is 15.2. The summed E-state index contributed by atoms with van der Waals surface area (Å²) in [6.45, 7) is 0.484. The molecule has 0 bridgehead atoms. The summed E-state index contributed by atoms with van der Waals surface area (Å²) in [5, 5.41) is 0. The second kappa shape index (κ2) is 6.81. The third-order valence-corrected chi connectivity index (χ3v) is 3.42. The summed E-state index contributed by atoms with van der Waals surface area (Å²) in [7, 11) is 1.67. The average molecular weight is 289 g/mol. The Bertz CT molecular complexity index is 735. The topological polar surface area (TPSA) is 18.5 Å². The van der Waals surface area contributed by atoms with Gasteiger partial charge in [0.25, 0.3) is 0 Å². The van der Waals surface area contributed by atoms with Crippen molar-refractivity contribution in [1.29, 1.82) is 0 Å². The first-order valence-electron chi connectivity index (χ1n) is 7.18. The lowest BCUT2D eigenvalue weighted by Gasteiger charge is -2.12. The van der Waals surface area contributed by atoms with Crippen LogP contribution < -0.4 is 9.47 Å². The Morgan fingerprint density at radius 3 is 2.59 bits per heavy atom. The maximum atomic E-state index is 5.97. The summed E-state index contributed by atoms with van der Waals surface area (Å²) in [6, 6.07) is 27.1. The summed E-state index contributed by atoms with van der Waals surface area (Å²) in [6.07, 6.45) is 0. The second-order valence-corrected chi connectivity index (χ2v) is 4.92. The van der Waals surface area contributed by atoms with Crippen LogP contribution in [0.2, 0.25) is 0 Å². The van der Waals surface area contributed by atoms with E-state index in [2.05, 4.69) is 18.2 Å². The first-order chi connectivity index (χ1) is 10.9. The Hall–Kier alpha value is -2.74. The Morgan fingerprint density at radius 1 is 0.909 bits per heavy atom. The van der Waals surface area contributed by atoms with Crippen molar-refractivity contribution in [2.75, 3.05) is 7.11 Å². The molecular weight excluding hydrogens is 272 g/mol. The highest BCUT2D eigenvalue weighted by molar-refractivity contribution is 5.69. The van der Waals surface area contributed by atoms with Gasteiger partial charge in [-0.25, -0.2) is 0 Å². The molecule has 0 spiro atoms. The van der Waals surface area contributed by atoms with Crippen LogP contribution in [0.5, 0.6) is 11.5 Å². The number of hydrogen-bond acceptors (Lipinski definition) is 2. The molecule has 109 valence electrons. The van der Waals surface area contributed by atoms with Crippen LogP contribution in [0, 0.1) is 6.07 Å². The minimum absolute atomic E-state index is 0.484. The summed E-state index contributed by atoms with van der Waals surface area (Å²) >= 11 is 0. The van der Waals surface area contributed by atoms with Gasteiger partial charge in [0.15, 0.2) is 0 Å². The van der Waals surface area contributed by atoms with E-state index in [1.54, 1.807) is 7.11 Å². The lowest BCUT2D eigenvalue weighted by molar-refractivity contribution is 0.306. The van der Waals surface area contributed by atoms with Gasteiger partial charge in [-0.1, -0.05) is 60.7 Å². The highest BCUT2D eigenvalue weighted by atomic mass is 16.5. The maximum Gasteiger partial charge on any atom is 0.135 e. The molecule has 0 fully saturated rings. The van der Waals surface area contributed by atoms with Crippen molar-refractivity contribution in [3.63, 3.8) is 0 Å². The molecule has 0 amide bonds. The SMILES string of the molecule is COc1cccc(COc2[c]cccc2-c2ccccc2)c1. The summed E-state index contributed by atoms with van der Waals surface area (Å²) in [5.74, 6) is 1.60. The Kier molecular flexibility index (Phi) is 4.40. The highest BCUT2D eigenvalue weighted by Crippen LogP contribution is 2.29. The van der Waals surface area contributed by atoms with Gasteiger partial charge >= 0.3 is 0 Å². The van der Waals surface area contributed by atoms with Crippen LogP contribution >= 0.6 is 0 Å². The molecule has 3 aromatic carbocycles. The third-order valence-electron chi connectivity index (χ3n) is 3.42. The number of para-hydroxylation sites is 1. The van der Waals surface area contributed by atoms with Crippen molar-refractivity contribution in [3.05, 3.63) is 84.4 Å². The molecule has 2 nitrogen and oxygen atoms in total. The molecule has 0 atom stereocenters. The Balaban J connectivity index is 1.81. The van der Waals surface area contributed by atoms with E-state index in [0.717, 1.165) is 28.2 Å². The first-order valence-corrected chi connectivity index (χ1v) is 7.18. The Morgan fingerprint density at radius 2 is 1.77 bits per heavy atom. The molecule has 0 saturated carbocycles. The van der Waals surface area contributed by atoms with E-state index < -0.39 is 0 Å². The fourth-order valence-electron chi connectivity index (χ4n) is 2.30. The van der Waals surface area contributed by atoms with Crippen molar-refractivity contribution < 1.29 is 9.47 Å². The van der Waals surface area contributed by atoms with Gasteiger partial charge in [-0.3, -0.25) is 0 Å². The number of methoxy groups -OCH3 is 1. The second-order valence-electron chi connectivity index (χ2n) is 4.92. The first kappa shape index (κ1) is 14.2. The van der Waals surface area contributed by atoms with Crippen LogP contribution in [-0.2, 0) is 6.61 Å². The predicted molar refractivity (Wildman–Crippen MR) is 88.0 cm³/mol. The molecule has 0 heterocycles. The molecule has 1 radical (unpaired) electrons. The largest absolute Gasteiger partial charge is 0.497 e. The summed E-state index contributed by atoms with van der Waals surface area (Å²) in [4.78, 5) is 0. The Labute approximate surface area is 131 Å². The van der Waals surface area contributed by atoms with Gasteiger partial charge in [-0.2, -0.15) is 0 Å². The minimum Gasteiger partial charge on any atom is -0.497 e. The van der Waals surface area contributed by atoms with E-state index >= 15 is 0 Å². The van der Waals surface area contributed by atoms with E-state index in [9.17, 15) is 0 Å². The molecule has 2 heteroatoms. The summed E-state index contributed by atoms with van der Waals surface area (Å²) < 4.78 is 11.2. The van der Waals surface area contributed by atoms with Crippen molar-refractivity contribution >= 4 is 0 Å². The zero-order valence-electron chi connectivity index (χ0n) is 12.5. The monoisotopic (exact) mass is 289 g/mol. The number of ether oxygens (including phenoxy) is 2. The fourth-order valence-corrected chi connectivity index (χ4v) is 2.30. The van der Waals surface area contributed by atoms with E-state index in [1.165, 1.54) is 0 Å². The molecule has 3 rings (SSSR count). The fraction of sp³-hybridized carbons (Fsp3) is 0.100. The van der Waals surface area contributed by atoms with Gasteiger partial charge < -0.3 is 9.47 Å². The molecule has 0 N–H and O–H groups in total. The lowest BCUT2D eigenvalue weighted by atomic mass is 10.0.